The van der Waals surface area contributed by atoms with Crippen molar-refractivity contribution in [2.24, 2.45) is 0 Å². The molecule has 0 fully saturated rings. The number of amides is 1. The Kier molecular flexibility index (Phi) is 6.12. The number of thioether (sulfide) groups is 1. The molecule has 1 amide bonds. The van der Waals surface area contributed by atoms with Crippen molar-refractivity contribution in [3.63, 3.8) is 0 Å². The van der Waals surface area contributed by atoms with Crippen LogP contribution in [0.25, 0.3) is 0 Å². The molecule has 1 aromatic rings. The largest absolute Gasteiger partial charge is 0.392 e. The molecule has 0 aliphatic rings. The van der Waals surface area contributed by atoms with Gasteiger partial charge in [0, 0.05) is 16.5 Å². The van der Waals surface area contributed by atoms with Gasteiger partial charge in [-0.3, -0.25) is 4.79 Å². The Morgan fingerprint density at radius 1 is 1.53 bits per heavy atom. The quantitative estimate of drug-likeness (QED) is 0.821. The number of halogens is 2. The third-order valence-corrected chi connectivity index (χ3v) is 3.58. The molecule has 2 N–H and O–H groups in total. The van der Waals surface area contributed by atoms with Crippen molar-refractivity contribution in [2.45, 2.75) is 17.9 Å². The Balaban J connectivity index is 2.44. The first-order valence-corrected chi connectivity index (χ1v) is 6.76. The predicted octanol–water partition coefficient (Wildman–Crippen LogP) is 2.58. The summed E-state index contributed by atoms with van der Waals surface area (Å²) in [6, 6.07) is 5.11. The Bertz CT molecular complexity index is 399. The fourth-order valence-electron chi connectivity index (χ4n) is 1.04. The highest BCUT2D eigenvalue weighted by molar-refractivity contribution is 8.00. The number of carbonyl (C=O) groups is 1. The molecule has 1 rings (SSSR count). The molecule has 94 valence electrons. The molecule has 0 saturated heterocycles. The van der Waals surface area contributed by atoms with Crippen molar-refractivity contribution in [3.05, 3.63) is 28.2 Å². The summed E-state index contributed by atoms with van der Waals surface area (Å²) in [4.78, 5) is 12.2. The zero-order valence-corrected chi connectivity index (χ0v) is 11.6. The van der Waals surface area contributed by atoms with Crippen molar-refractivity contribution in [1.29, 1.82) is 0 Å². The van der Waals surface area contributed by atoms with Crippen LogP contribution in [0.3, 0.4) is 0 Å². The third kappa shape index (κ3) is 5.64. The van der Waals surface area contributed by atoms with Crippen LogP contribution >= 0.6 is 35.0 Å². The first kappa shape index (κ1) is 14.6. The third-order valence-electron chi connectivity index (χ3n) is 1.85. The highest BCUT2D eigenvalue weighted by atomic mass is 35.5. The van der Waals surface area contributed by atoms with E-state index in [1.807, 2.05) is 0 Å². The van der Waals surface area contributed by atoms with E-state index >= 15 is 0 Å². The van der Waals surface area contributed by atoms with E-state index in [4.69, 9.17) is 28.3 Å². The molecule has 0 spiro atoms. The summed E-state index contributed by atoms with van der Waals surface area (Å²) in [5, 5.41) is 12.8. The van der Waals surface area contributed by atoms with Crippen LogP contribution in [-0.4, -0.2) is 29.4 Å². The summed E-state index contributed by atoms with van der Waals surface area (Å²) >= 11 is 13.1. The van der Waals surface area contributed by atoms with Gasteiger partial charge in [-0.15, -0.1) is 11.8 Å². The van der Waals surface area contributed by atoms with E-state index in [-0.39, 0.29) is 18.2 Å². The van der Waals surface area contributed by atoms with Gasteiger partial charge in [0.1, 0.15) is 0 Å². The van der Waals surface area contributed by atoms with Gasteiger partial charge in [0.2, 0.25) is 5.91 Å². The van der Waals surface area contributed by atoms with Gasteiger partial charge in [-0.2, -0.15) is 0 Å². The molecule has 3 nitrogen and oxygen atoms in total. The smallest absolute Gasteiger partial charge is 0.230 e. The van der Waals surface area contributed by atoms with Crippen LogP contribution in [-0.2, 0) is 4.79 Å². The molecule has 0 radical (unpaired) electrons. The van der Waals surface area contributed by atoms with Crippen LogP contribution in [0.15, 0.2) is 23.1 Å². The van der Waals surface area contributed by atoms with E-state index in [9.17, 15) is 4.79 Å². The summed E-state index contributed by atoms with van der Waals surface area (Å²) in [5.41, 5.74) is 0. The van der Waals surface area contributed by atoms with E-state index in [0.717, 1.165) is 4.90 Å². The Labute approximate surface area is 114 Å². The lowest BCUT2D eigenvalue weighted by Crippen LogP contribution is -2.31. The van der Waals surface area contributed by atoms with Gasteiger partial charge in [-0.25, -0.2) is 0 Å². The molecule has 0 heterocycles. The lowest BCUT2D eigenvalue weighted by atomic mass is 10.4. The molecule has 0 aliphatic carbocycles. The van der Waals surface area contributed by atoms with Crippen LogP contribution in [0.1, 0.15) is 6.92 Å². The van der Waals surface area contributed by atoms with E-state index in [1.54, 1.807) is 25.1 Å². The second-order valence-corrected chi connectivity index (χ2v) is 5.38. The number of hydrogen-bond donors (Lipinski definition) is 2. The Morgan fingerprint density at radius 3 is 2.88 bits per heavy atom. The van der Waals surface area contributed by atoms with Crippen LogP contribution in [0.2, 0.25) is 10.0 Å². The Morgan fingerprint density at radius 2 is 2.24 bits per heavy atom. The predicted molar refractivity (Wildman–Crippen MR) is 71.9 cm³/mol. The number of hydrogen-bond acceptors (Lipinski definition) is 3. The van der Waals surface area contributed by atoms with Crippen LogP contribution < -0.4 is 5.32 Å². The lowest BCUT2D eigenvalue weighted by molar-refractivity contribution is -0.118. The second-order valence-electron chi connectivity index (χ2n) is 3.52. The van der Waals surface area contributed by atoms with Crippen LogP contribution in [0.5, 0.6) is 0 Å². The van der Waals surface area contributed by atoms with E-state index in [0.29, 0.717) is 10.0 Å². The molecular weight excluding hydrogens is 281 g/mol. The van der Waals surface area contributed by atoms with Gasteiger partial charge in [0.25, 0.3) is 0 Å². The molecule has 1 atom stereocenters. The topological polar surface area (TPSA) is 49.3 Å². The van der Waals surface area contributed by atoms with Gasteiger partial charge in [0.05, 0.1) is 16.9 Å². The zero-order valence-electron chi connectivity index (χ0n) is 9.24. The normalized spacial score (nSPS) is 12.2. The average Bonchev–Trinajstić information content (AvgIpc) is 2.27. The van der Waals surface area contributed by atoms with E-state index in [2.05, 4.69) is 5.32 Å². The molecule has 0 aliphatic heterocycles. The molecule has 1 aromatic carbocycles. The van der Waals surface area contributed by atoms with Crippen molar-refractivity contribution in [2.75, 3.05) is 12.3 Å². The Hall–Kier alpha value is -0.420. The number of carbonyl (C=O) groups excluding carboxylic acids is 1. The second kappa shape index (κ2) is 7.11. The van der Waals surface area contributed by atoms with Gasteiger partial charge >= 0.3 is 0 Å². The fourth-order valence-corrected chi connectivity index (χ4v) is 2.37. The van der Waals surface area contributed by atoms with Crippen molar-refractivity contribution in [3.8, 4) is 0 Å². The van der Waals surface area contributed by atoms with Gasteiger partial charge in [-0.1, -0.05) is 23.2 Å². The number of rotatable bonds is 5. The summed E-state index contributed by atoms with van der Waals surface area (Å²) < 4.78 is 0. The molecule has 0 unspecified atom stereocenters. The zero-order chi connectivity index (χ0) is 12.8. The molecule has 17 heavy (non-hydrogen) atoms. The highest BCUT2D eigenvalue weighted by Gasteiger charge is 2.07. The van der Waals surface area contributed by atoms with Crippen LogP contribution in [0, 0.1) is 0 Å². The maximum atomic E-state index is 11.4. The summed E-state index contributed by atoms with van der Waals surface area (Å²) in [6.45, 7) is 1.87. The average molecular weight is 294 g/mol. The number of aliphatic hydroxyl groups excluding tert-OH is 1. The lowest BCUT2D eigenvalue weighted by Gasteiger charge is -2.07. The number of nitrogens with one attached hydrogen (secondary N) is 1. The molecule has 0 saturated carbocycles. The standard InChI is InChI=1S/C11H13Cl2NO2S/c1-7(15)5-14-11(16)6-17-10-4-8(12)2-3-9(10)13/h2-4,7,15H,5-6H2,1H3,(H,14,16)/t7-/m1/s1. The minimum Gasteiger partial charge on any atom is -0.392 e. The first-order chi connectivity index (χ1) is 7.99. The minimum absolute atomic E-state index is 0.146. The minimum atomic E-state index is -0.543. The summed E-state index contributed by atoms with van der Waals surface area (Å²) in [5.74, 6) is 0.0965. The molecular formula is C11H13Cl2NO2S. The van der Waals surface area contributed by atoms with Crippen LogP contribution in [0.4, 0.5) is 0 Å². The van der Waals surface area contributed by atoms with Gasteiger partial charge in [-0.05, 0) is 25.1 Å². The number of aliphatic hydroxyl groups is 1. The monoisotopic (exact) mass is 293 g/mol. The number of benzene rings is 1. The highest BCUT2D eigenvalue weighted by Crippen LogP contribution is 2.29. The van der Waals surface area contributed by atoms with E-state index < -0.39 is 6.10 Å². The molecule has 6 heteroatoms. The summed E-state index contributed by atoms with van der Waals surface area (Å²) in [6.07, 6.45) is -0.543. The maximum absolute atomic E-state index is 11.4. The first-order valence-electron chi connectivity index (χ1n) is 5.01. The van der Waals surface area contributed by atoms with Crippen molar-refractivity contribution < 1.29 is 9.90 Å². The van der Waals surface area contributed by atoms with Gasteiger partial charge < -0.3 is 10.4 Å². The van der Waals surface area contributed by atoms with E-state index in [1.165, 1.54) is 11.8 Å². The SMILES string of the molecule is C[C@@H](O)CNC(=O)CSc1cc(Cl)ccc1Cl. The summed E-state index contributed by atoms with van der Waals surface area (Å²) in [7, 11) is 0. The van der Waals surface area contributed by atoms with Gasteiger partial charge in [0.15, 0.2) is 0 Å². The maximum Gasteiger partial charge on any atom is 0.230 e. The molecule has 0 aromatic heterocycles. The molecule has 0 bridgehead atoms. The van der Waals surface area contributed by atoms with Crippen molar-refractivity contribution >= 4 is 40.9 Å². The van der Waals surface area contributed by atoms with Crippen molar-refractivity contribution in [1.82, 2.24) is 5.32 Å². The fraction of sp³-hybridized carbons (Fsp3) is 0.364.